The van der Waals surface area contributed by atoms with Crippen LogP contribution in [0.1, 0.15) is 24.0 Å². The Morgan fingerprint density at radius 3 is 2.28 bits per heavy atom. The van der Waals surface area contributed by atoms with Gasteiger partial charge in [0.25, 0.3) is 0 Å². The van der Waals surface area contributed by atoms with Crippen LogP contribution in [-0.2, 0) is 10.0 Å². The van der Waals surface area contributed by atoms with Crippen molar-refractivity contribution in [3.63, 3.8) is 0 Å². The lowest BCUT2D eigenvalue weighted by molar-refractivity contribution is -0.154. The second-order valence-corrected chi connectivity index (χ2v) is 10.9. The molecule has 0 bridgehead atoms. The summed E-state index contributed by atoms with van der Waals surface area (Å²) in [4.78, 5) is 11.9. The molecule has 0 spiro atoms. The first-order valence-corrected chi connectivity index (χ1v) is 13.3. The van der Waals surface area contributed by atoms with Crippen LogP contribution in [0.15, 0.2) is 41.3 Å². The Hall–Kier alpha value is -3.59. The fourth-order valence-corrected chi connectivity index (χ4v) is 5.39. The van der Waals surface area contributed by atoms with Gasteiger partial charge in [-0.15, -0.1) is 0 Å². The fourth-order valence-electron chi connectivity index (χ4n) is 3.84. The summed E-state index contributed by atoms with van der Waals surface area (Å²) in [6, 6.07) is 6.86. The van der Waals surface area contributed by atoms with Gasteiger partial charge >= 0.3 is 12.2 Å². The van der Waals surface area contributed by atoms with Gasteiger partial charge in [0.2, 0.25) is 21.9 Å². The molecule has 2 aromatic carbocycles. The zero-order valence-electron chi connectivity index (χ0n) is 20.9. The van der Waals surface area contributed by atoms with Crippen molar-refractivity contribution in [2.24, 2.45) is 0 Å². The highest BCUT2D eigenvalue weighted by Gasteiger charge is 2.31. The van der Waals surface area contributed by atoms with Crippen LogP contribution in [0.3, 0.4) is 0 Å². The number of nitrogens with zero attached hydrogens (tertiary/aromatic N) is 4. The van der Waals surface area contributed by atoms with Gasteiger partial charge in [0.05, 0.1) is 4.90 Å². The highest BCUT2D eigenvalue weighted by atomic mass is 32.2. The molecule has 2 heterocycles. The lowest BCUT2D eigenvalue weighted by Crippen LogP contribution is -2.42. The van der Waals surface area contributed by atoms with E-state index in [0.717, 1.165) is 23.3 Å². The van der Waals surface area contributed by atoms with Crippen LogP contribution in [-0.4, -0.2) is 59.6 Å². The summed E-state index contributed by atoms with van der Waals surface area (Å²) in [7, 11) is -3.70. The second-order valence-electron chi connectivity index (χ2n) is 8.99. The van der Waals surface area contributed by atoms with E-state index in [9.17, 15) is 30.4 Å². The summed E-state index contributed by atoms with van der Waals surface area (Å²) in [5, 5.41) is 5.56. The van der Waals surface area contributed by atoms with Crippen molar-refractivity contribution in [3.05, 3.63) is 59.2 Å². The summed E-state index contributed by atoms with van der Waals surface area (Å²) < 4.78 is 97.1. The minimum Gasteiger partial charge on any atom is -0.454 e. The quantitative estimate of drug-likeness (QED) is 0.374. The van der Waals surface area contributed by atoms with Crippen LogP contribution in [0.2, 0.25) is 0 Å². The molecule has 15 heteroatoms. The van der Waals surface area contributed by atoms with Gasteiger partial charge in [0.1, 0.15) is 0 Å². The molecular formula is C24H25F5N6O3S. The number of rotatable bonds is 8. The summed E-state index contributed by atoms with van der Waals surface area (Å²) >= 11 is 0. The van der Waals surface area contributed by atoms with Crippen LogP contribution in [0.5, 0.6) is 6.01 Å². The van der Waals surface area contributed by atoms with Crippen molar-refractivity contribution in [1.29, 1.82) is 0 Å². The highest BCUT2D eigenvalue weighted by Crippen LogP contribution is 2.25. The predicted octanol–water partition coefficient (Wildman–Crippen LogP) is 4.72. The van der Waals surface area contributed by atoms with Crippen LogP contribution in [0.4, 0.5) is 39.5 Å². The molecule has 0 amide bonds. The standard InChI is InChI=1S/C24H25F5N6O3S/c1-14-3-5-18(11-15(14)2)39(36,37)35-9-7-16(8-10-35)30-21-32-22(31-17-4-6-19(25)20(26)12-17)34-23(33-21)38-13-24(27,28)29/h3-6,11-12,16H,7-10,13H2,1-2H3,(H2,30,31,32,33,34). The Kier molecular flexibility index (Phi) is 8.20. The minimum absolute atomic E-state index is 0.0395. The van der Waals surface area contributed by atoms with Crippen LogP contribution in [0.25, 0.3) is 0 Å². The monoisotopic (exact) mass is 572 g/mol. The molecule has 210 valence electrons. The maximum atomic E-state index is 13.6. The predicted molar refractivity (Wildman–Crippen MR) is 132 cm³/mol. The Bertz CT molecular complexity index is 1450. The molecule has 39 heavy (non-hydrogen) atoms. The van der Waals surface area contributed by atoms with E-state index < -0.39 is 40.5 Å². The number of hydrogen-bond acceptors (Lipinski definition) is 8. The Labute approximate surface area is 221 Å². The van der Waals surface area contributed by atoms with Gasteiger partial charge < -0.3 is 15.4 Å². The molecule has 1 aliphatic heterocycles. The maximum Gasteiger partial charge on any atom is 0.422 e. The number of hydrogen-bond donors (Lipinski definition) is 2. The molecule has 0 atom stereocenters. The average Bonchev–Trinajstić information content (AvgIpc) is 2.86. The average molecular weight is 573 g/mol. The van der Waals surface area contributed by atoms with Gasteiger partial charge in [-0.1, -0.05) is 6.07 Å². The van der Waals surface area contributed by atoms with Crippen LogP contribution >= 0.6 is 0 Å². The van der Waals surface area contributed by atoms with E-state index in [1.165, 1.54) is 10.4 Å². The zero-order chi connectivity index (χ0) is 28.4. The Balaban J connectivity index is 1.48. The molecule has 4 rings (SSSR count). The van der Waals surface area contributed by atoms with Crippen molar-refractivity contribution >= 4 is 27.6 Å². The number of aromatic nitrogens is 3. The molecule has 1 saturated heterocycles. The van der Waals surface area contributed by atoms with Gasteiger partial charge in [-0.05, 0) is 62.1 Å². The van der Waals surface area contributed by atoms with Crippen molar-refractivity contribution in [2.45, 2.75) is 43.8 Å². The lowest BCUT2D eigenvalue weighted by atomic mass is 10.1. The summed E-state index contributed by atoms with van der Waals surface area (Å²) in [6.45, 7) is 2.45. The van der Waals surface area contributed by atoms with E-state index >= 15 is 0 Å². The molecule has 0 saturated carbocycles. The topological polar surface area (TPSA) is 109 Å². The van der Waals surface area contributed by atoms with Gasteiger partial charge in [0.15, 0.2) is 18.2 Å². The van der Waals surface area contributed by atoms with Crippen LogP contribution < -0.4 is 15.4 Å². The fraction of sp³-hybridized carbons (Fsp3) is 0.375. The molecule has 9 nitrogen and oxygen atoms in total. The number of anilines is 3. The van der Waals surface area contributed by atoms with Gasteiger partial charge in [-0.25, -0.2) is 17.2 Å². The maximum absolute atomic E-state index is 13.6. The summed E-state index contributed by atoms with van der Waals surface area (Å²) in [5.74, 6) is -2.64. The number of nitrogens with one attached hydrogen (secondary N) is 2. The third-order valence-corrected chi connectivity index (χ3v) is 7.95. The molecule has 1 aliphatic rings. The van der Waals surface area contributed by atoms with E-state index in [0.29, 0.717) is 12.8 Å². The number of sulfonamides is 1. The van der Waals surface area contributed by atoms with E-state index in [1.54, 1.807) is 18.2 Å². The van der Waals surface area contributed by atoms with Gasteiger partial charge in [0, 0.05) is 30.9 Å². The number of alkyl halides is 3. The van der Waals surface area contributed by atoms with Crippen molar-refractivity contribution in [3.8, 4) is 6.01 Å². The molecular weight excluding hydrogens is 547 g/mol. The van der Waals surface area contributed by atoms with Crippen molar-refractivity contribution in [1.82, 2.24) is 19.3 Å². The number of ether oxygens (including phenoxy) is 1. The number of benzene rings is 2. The molecule has 1 fully saturated rings. The molecule has 1 aromatic heterocycles. The van der Waals surface area contributed by atoms with Gasteiger partial charge in [-0.2, -0.15) is 32.4 Å². The first-order valence-electron chi connectivity index (χ1n) is 11.8. The van der Waals surface area contributed by atoms with E-state index in [4.69, 9.17) is 0 Å². The first-order chi connectivity index (χ1) is 18.3. The molecule has 3 aromatic rings. The Morgan fingerprint density at radius 2 is 1.64 bits per heavy atom. The number of halogens is 5. The number of piperidine rings is 1. The highest BCUT2D eigenvalue weighted by molar-refractivity contribution is 7.89. The minimum atomic E-state index is -4.65. The second kappa shape index (κ2) is 11.3. The lowest BCUT2D eigenvalue weighted by Gasteiger charge is -2.31. The SMILES string of the molecule is Cc1ccc(S(=O)(=O)N2CCC(Nc3nc(Nc4ccc(F)c(F)c4)nc(OCC(F)(F)F)n3)CC2)cc1C. The van der Waals surface area contributed by atoms with Crippen molar-refractivity contribution < 1.29 is 35.1 Å². The summed E-state index contributed by atoms with van der Waals surface area (Å²) in [6.07, 6.45) is -3.93. The molecule has 2 N–H and O–H groups in total. The molecule has 0 aliphatic carbocycles. The summed E-state index contributed by atoms with van der Waals surface area (Å²) in [5.41, 5.74) is 1.88. The third kappa shape index (κ3) is 7.29. The molecule has 0 unspecified atom stereocenters. The third-order valence-electron chi connectivity index (χ3n) is 6.06. The van der Waals surface area contributed by atoms with E-state index in [1.807, 2.05) is 13.8 Å². The molecule has 0 radical (unpaired) electrons. The largest absolute Gasteiger partial charge is 0.454 e. The first kappa shape index (κ1) is 28.4. The van der Waals surface area contributed by atoms with E-state index in [2.05, 4.69) is 30.3 Å². The van der Waals surface area contributed by atoms with Gasteiger partial charge in [-0.3, -0.25) is 0 Å². The Morgan fingerprint density at radius 1 is 0.949 bits per heavy atom. The van der Waals surface area contributed by atoms with E-state index in [-0.39, 0.29) is 41.6 Å². The normalized spacial score (nSPS) is 15.3. The number of aryl methyl sites for hydroxylation is 2. The zero-order valence-corrected chi connectivity index (χ0v) is 21.7. The van der Waals surface area contributed by atoms with Crippen LogP contribution in [0, 0.1) is 25.5 Å². The van der Waals surface area contributed by atoms with Crippen molar-refractivity contribution in [2.75, 3.05) is 30.3 Å². The smallest absolute Gasteiger partial charge is 0.422 e.